The highest BCUT2D eigenvalue weighted by Gasteiger charge is 2.24. The van der Waals surface area contributed by atoms with Gasteiger partial charge in [-0.15, -0.1) is 0 Å². The molecule has 0 saturated carbocycles. The Kier molecular flexibility index (Phi) is 4.81. The number of pyridine rings is 1. The molecule has 0 aliphatic carbocycles. The maximum absolute atomic E-state index is 10.9. The third-order valence-corrected chi connectivity index (χ3v) is 4.74. The number of hydrogen-bond acceptors (Lipinski definition) is 3. The van der Waals surface area contributed by atoms with E-state index in [1.165, 1.54) is 5.56 Å². The van der Waals surface area contributed by atoms with E-state index in [1.807, 2.05) is 36.4 Å². The molecule has 0 amide bonds. The predicted octanol–water partition coefficient (Wildman–Crippen LogP) is 6.29. The van der Waals surface area contributed by atoms with Crippen molar-refractivity contribution in [2.45, 2.75) is 52.4 Å². The summed E-state index contributed by atoms with van der Waals surface area (Å²) in [6.45, 7) is 12.9. The number of aliphatic imine (C=N–C) groups is 1. The molecule has 3 heteroatoms. The van der Waals surface area contributed by atoms with Crippen LogP contribution in [0.3, 0.4) is 0 Å². The van der Waals surface area contributed by atoms with Crippen LogP contribution in [0, 0.1) is 0 Å². The summed E-state index contributed by atoms with van der Waals surface area (Å²) in [4.78, 5) is 9.04. The summed E-state index contributed by atoms with van der Waals surface area (Å²) in [5, 5.41) is 11.9. The van der Waals surface area contributed by atoms with Gasteiger partial charge in [0, 0.05) is 22.7 Å². The van der Waals surface area contributed by atoms with E-state index in [-0.39, 0.29) is 10.8 Å². The lowest BCUT2D eigenvalue weighted by molar-refractivity contribution is 0.444. The third-order valence-electron chi connectivity index (χ3n) is 4.74. The number of phenolic OH excluding ortho intramolecular Hbond substituents is 1. The Hall–Kier alpha value is -2.68. The van der Waals surface area contributed by atoms with Crippen molar-refractivity contribution < 1.29 is 5.11 Å². The molecule has 0 spiro atoms. The fourth-order valence-corrected chi connectivity index (χ4v) is 3.03. The van der Waals surface area contributed by atoms with E-state index in [9.17, 15) is 5.11 Å². The Morgan fingerprint density at radius 1 is 0.926 bits per heavy atom. The summed E-state index contributed by atoms with van der Waals surface area (Å²) in [6.07, 6.45) is 3.50. The van der Waals surface area contributed by atoms with Gasteiger partial charge in [-0.2, -0.15) is 0 Å². The molecular formula is C24H28N2O. The highest BCUT2D eigenvalue weighted by Crippen LogP contribution is 2.37. The second-order valence-electron chi connectivity index (χ2n) is 9.11. The van der Waals surface area contributed by atoms with E-state index < -0.39 is 0 Å². The molecule has 0 bridgehead atoms. The van der Waals surface area contributed by atoms with Gasteiger partial charge in [0.15, 0.2) is 0 Å². The van der Waals surface area contributed by atoms with E-state index in [4.69, 9.17) is 0 Å². The van der Waals surface area contributed by atoms with E-state index in [2.05, 4.69) is 57.6 Å². The zero-order chi connectivity index (χ0) is 19.8. The Bertz CT molecular complexity index is 1010. The zero-order valence-electron chi connectivity index (χ0n) is 17.0. The Balaban J connectivity index is 2.07. The summed E-state index contributed by atoms with van der Waals surface area (Å²) < 4.78 is 0. The molecule has 0 aliphatic heterocycles. The van der Waals surface area contributed by atoms with Crippen molar-refractivity contribution in [3.63, 3.8) is 0 Å². The van der Waals surface area contributed by atoms with E-state index >= 15 is 0 Å². The van der Waals surface area contributed by atoms with Gasteiger partial charge in [-0.3, -0.25) is 9.98 Å². The highest BCUT2D eigenvalue weighted by atomic mass is 16.3. The van der Waals surface area contributed by atoms with E-state index in [0.717, 1.165) is 27.7 Å². The van der Waals surface area contributed by atoms with Gasteiger partial charge in [0.1, 0.15) is 5.75 Å². The van der Waals surface area contributed by atoms with Gasteiger partial charge in [-0.25, -0.2) is 0 Å². The third kappa shape index (κ3) is 4.19. The minimum absolute atomic E-state index is 0.0131. The molecule has 0 saturated heterocycles. The second-order valence-corrected chi connectivity index (χ2v) is 9.11. The number of fused-ring (bicyclic) bond motifs is 1. The standard InChI is InChI=1S/C24H28N2O/c1-23(2,3)18-11-17(22(27)20(13-18)24(4,5)6)14-25-19-12-16-9-7-8-10-21(16)26-15-19/h7-15,27H,1-6H3/b25-14+. The lowest BCUT2D eigenvalue weighted by Crippen LogP contribution is -2.17. The number of rotatable bonds is 2. The summed E-state index contributed by atoms with van der Waals surface area (Å²) in [7, 11) is 0. The molecule has 140 valence electrons. The lowest BCUT2D eigenvalue weighted by Gasteiger charge is -2.26. The van der Waals surface area contributed by atoms with Gasteiger partial charge in [-0.1, -0.05) is 65.8 Å². The number of para-hydroxylation sites is 1. The Labute approximate surface area is 161 Å². The lowest BCUT2D eigenvalue weighted by atomic mass is 9.79. The van der Waals surface area contributed by atoms with Gasteiger partial charge in [0.05, 0.1) is 17.4 Å². The van der Waals surface area contributed by atoms with Crippen LogP contribution in [-0.2, 0) is 10.8 Å². The summed E-state index contributed by atoms with van der Waals surface area (Å²) in [5.41, 5.74) is 4.41. The minimum Gasteiger partial charge on any atom is -0.507 e. The number of benzene rings is 2. The van der Waals surface area contributed by atoms with Crippen LogP contribution in [-0.4, -0.2) is 16.3 Å². The van der Waals surface area contributed by atoms with Crippen molar-refractivity contribution in [2.75, 3.05) is 0 Å². The van der Waals surface area contributed by atoms with Gasteiger partial charge >= 0.3 is 0 Å². The molecule has 3 nitrogen and oxygen atoms in total. The van der Waals surface area contributed by atoms with Crippen molar-refractivity contribution in [3.05, 3.63) is 65.4 Å². The van der Waals surface area contributed by atoms with Crippen LogP contribution in [0.5, 0.6) is 5.75 Å². The molecular weight excluding hydrogens is 332 g/mol. The Morgan fingerprint density at radius 2 is 1.63 bits per heavy atom. The average molecular weight is 361 g/mol. The van der Waals surface area contributed by atoms with Gasteiger partial charge in [0.25, 0.3) is 0 Å². The van der Waals surface area contributed by atoms with E-state index in [1.54, 1.807) is 12.4 Å². The molecule has 2 aromatic carbocycles. The largest absolute Gasteiger partial charge is 0.507 e. The van der Waals surface area contributed by atoms with Gasteiger partial charge in [-0.05, 0) is 34.6 Å². The zero-order valence-corrected chi connectivity index (χ0v) is 17.0. The monoisotopic (exact) mass is 360 g/mol. The molecule has 0 fully saturated rings. The molecule has 1 N–H and O–H groups in total. The van der Waals surface area contributed by atoms with Crippen LogP contribution in [0.2, 0.25) is 0 Å². The Morgan fingerprint density at radius 3 is 2.30 bits per heavy atom. The maximum Gasteiger partial charge on any atom is 0.128 e. The number of aromatic hydroxyl groups is 1. The maximum atomic E-state index is 10.9. The van der Waals surface area contributed by atoms with E-state index in [0.29, 0.717) is 5.75 Å². The average Bonchev–Trinajstić information content (AvgIpc) is 2.58. The molecule has 1 aromatic heterocycles. The molecule has 0 radical (unpaired) electrons. The van der Waals surface area contributed by atoms with Crippen LogP contribution in [0.25, 0.3) is 10.9 Å². The van der Waals surface area contributed by atoms with Crippen molar-refractivity contribution in [1.29, 1.82) is 0 Å². The number of aromatic nitrogens is 1. The SMILES string of the molecule is CC(C)(C)c1cc(/C=N/c2cnc3ccccc3c2)c(O)c(C(C)(C)C)c1. The van der Waals surface area contributed by atoms with Crippen LogP contribution in [0.15, 0.2) is 53.7 Å². The smallest absolute Gasteiger partial charge is 0.128 e. The molecule has 0 unspecified atom stereocenters. The van der Waals surface area contributed by atoms with Gasteiger partial charge < -0.3 is 5.11 Å². The fourth-order valence-electron chi connectivity index (χ4n) is 3.03. The minimum atomic E-state index is -0.154. The van der Waals surface area contributed by atoms with Crippen LogP contribution in [0.1, 0.15) is 58.2 Å². The van der Waals surface area contributed by atoms with Crippen LogP contribution >= 0.6 is 0 Å². The number of phenols is 1. The van der Waals surface area contributed by atoms with Crippen molar-refractivity contribution >= 4 is 22.8 Å². The summed E-state index contributed by atoms with van der Waals surface area (Å²) in [6, 6.07) is 14.1. The second kappa shape index (κ2) is 6.80. The topological polar surface area (TPSA) is 45.5 Å². The fraction of sp³-hybridized carbons (Fsp3) is 0.333. The van der Waals surface area contributed by atoms with Crippen molar-refractivity contribution in [3.8, 4) is 5.75 Å². The van der Waals surface area contributed by atoms with Crippen LogP contribution < -0.4 is 0 Å². The molecule has 3 aromatic rings. The summed E-state index contributed by atoms with van der Waals surface area (Å²) in [5.74, 6) is 0.299. The summed E-state index contributed by atoms with van der Waals surface area (Å²) >= 11 is 0. The van der Waals surface area contributed by atoms with Gasteiger partial charge in [0.2, 0.25) is 0 Å². The first-order chi connectivity index (χ1) is 12.6. The van der Waals surface area contributed by atoms with Crippen molar-refractivity contribution in [1.82, 2.24) is 4.98 Å². The molecule has 0 aliphatic rings. The highest BCUT2D eigenvalue weighted by molar-refractivity contribution is 5.88. The normalized spacial score (nSPS) is 12.8. The first-order valence-electron chi connectivity index (χ1n) is 9.32. The molecule has 3 rings (SSSR count). The van der Waals surface area contributed by atoms with Crippen molar-refractivity contribution in [2.24, 2.45) is 4.99 Å². The number of nitrogens with zero attached hydrogens (tertiary/aromatic N) is 2. The quantitative estimate of drug-likeness (QED) is 0.546. The molecule has 0 atom stereocenters. The molecule has 27 heavy (non-hydrogen) atoms. The molecule has 1 heterocycles. The first-order valence-corrected chi connectivity index (χ1v) is 9.32. The van der Waals surface area contributed by atoms with Crippen LogP contribution in [0.4, 0.5) is 5.69 Å². The number of hydrogen-bond donors (Lipinski definition) is 1. The first kappa shape index (κ1) is 19.1. The predicted molar refractivity (Wildman–Crippen MR) is 115 cm³/mol.